The van der Waals surface area contributed by atoms with Crippen molar-refractivity contribution in [1.29, 1.82) is 5.26 Å². The van der Waals surface area contributed by atoms with Gasteiger partial charge >= 0.3 is 0 Å². The van der Waals surface area contributed by atoms with E-state index in [9.17, 15) is 10.4 Å². The van der Waals surface area contributed by atoms with Gasteiger partial charge in [0.25, 0.3) is 0 Å². The lowest BCUT2D eigenvalue weighted by Crippen LogP contribution is -2.46. The number of anilines is 2. The molecule has 1 atom stereocenters. The molecule has 1 aliphatic heterocycles. The molecule has 4 N–H and O–H groups in total. The molecule has 1 aromatic carbocycles. The number of nitrogens with one attached hydrogen (secondary N) is 1. The predicted octanol–water partition coefficient (Wildman–Crippen LogP) is 3.58. The van der Waals surface area contributed by atoms with E-state index < -0.39 is 0 Å². The summed E-state index contributed by atoms with van der Waals surface area (Å²) in [4.78, 5) is 10.5. The second-order valence-corrected chi connectivity index (χ2v) is 8.33. The molecular formula is C23H29ClN6O2. The summed E-state index contributed by atoms with van der Waals surface area (Å²) in [6.07, 6.45) is 1.40. The van der Waals surface area contributed by atoms with Gasteiger partial charge in [-0.1, -0.05) is 18.2 Å². The molecule has 0 aliphatic carbocycles. The zero-order valence-electron chi connectivity index (χ0n) is 18.7. The minimum atomic E-state index is -0.249. The number of likely N-dealkylation sites (tertiary alicyclic amines) is 1. The number of aromatic nitrogens is 2. The number of β-amino-alcohol motifs (C(OH)–C–C–N with tert-alkyl or cyclic N) is 1. The quantitative estimate of drug-likeness (QED) is 0.523. The third-order valence-electron chi connectivity index (χ3n) is 5.60. The molecule has 2 aromatic rings. The fourth-order valence-corrected chi connectivity index (χ4v) is 4.35. The van der Waals surface area contributed by atoms with E-state index in [0.717, 1.165) is 29.8 Å². The van der Waals surface area contributed by atoms with Crippen LogP contribution in [-0.4, -0.2) is 52.8 Å². The van der Waals surface area contributed by atoms with Crippen molar-refractivity contribution in [3.63, 3.8) is 0 Å². The Kier molecular flexibility index (Phi) is 7.56. The summed E-state index contributed by atoms with van der Waals surface area (Å²) in [6, 6.07) is 3.79. The lowest BCUT2D eigenvalue weighted by atomic mass is 9.85. The van der Waals surface area contributed by atoms with Crippen LogP contribution in [0.25, 0.3) is 5.57 Å². The number of halogens is 1. The highest BCUT2D eigenvalue weighted by Crippen LogP contribution is 2.44. The van der Waals surface area contributed by atoms with Gasteiger partial charge < -0.3 is 20.9 Å². The highest BCUT2D eigenvalue weighted by atomic mass is 35.5. The predicted molar refractivity (Wildman–Crippen MR) is 127 cm³/mol. The lowest BCUT2D eigenvalue weighted by Gasteiger charge is -2.40. The molecule has 1 fully saturated rings. The van der Waals surface area contributed by atoms with Gasteiger partial charge in [0.2, 0.25) is 0 Å². The lowest BCUT2D eigenvalue weighted by molar-refractivity contribution is 0.114. The first-order chi connectivity index (χ1) is 15.3. The molecule has 2 heterocycles. The van der Waals surface area contributed by atoms with E-state index in [2.05, 4.69) is 32.8 Å². The van der Waals surface area contributed by atoms with Crippen molar-refractivity contribution in [2.75, 3.05) is 43.9 Å². The van der Waals surface area contributed by atoms with Crippen molar-refractivity contribution >= 4 is 28.8 Å². The molecule has 0 saturated carbocycles. The second kappa shape index (κ2) is 10.2. The Balaban J connectivity index is 2.04. The number of nitrogen functional groups attached to an aromatic ring is 1. The molecule has 3 rings (SSSR count). The second-order valence-electron chi connectivity index (χ2n) is 7.92. The zero-order chi connectivity index (χ0) is 23.4. The maximum absolute atomic E-state index is 9.82. The summed E-state index contributed by atoms with van der Waals surface area (Å²) in [5, 5.41) is 22.8. The topological polar surface area (TPSA) is 120 Å². The van der Waals surface area contributed by atoms with E-state index in [1.165, 1.54) is 6.33 Å². The number of aliphatic hydroxyl groups excluding tert-OH is 1. The highest BCUT2D eigenvalue weighted by molar-refractivity contribution is 6.32. The summed E-state index contributed by atoms with van der Waals surface area (Å²) >= 11 is 6.56. The summed E-state index contributed by atoms with van der Waals surface area (Å²) in [6.45, 7) is 12.3. The Hall–Kier alpha value is -2.86. The molecule has 1 unspecified atom stereocenters. The molecule has 8 nitrogen and oxygen atoms in total. The largest absolute Gasteiger partial charge is 0.493 e. The number of nitrogens with zero attached hydrogens (tertiary/aromatic N) is 4. The number of hydrogen-bond donors (Lipinski definition) is 3. The standard InChI is InChI=1S/C23H29ClN6O2/c1-5-32-21-16(14(4)29-23-19(13(2)3)22(26)27-12-28-23)8-18(24)17(9-25)20(21)15-10-30(11-15)6-7-31/h8,12,14-15,31H,2,5-7,10-11H2,1,3-4H3,(H3,26,27,28,29). The van der Waals surface area contributed by atoms with Crippen LogP contribution in [0.5, 0.6) is 5.75 Å². The number of nitriles is 1. The highest BCUT2D eigenvalue weighted by Gasteiger charge is 2.35. The van der Waals surface area contributed by atoms with Crippen LogP contribution in [0.2, 0.25) is 5.02 Å². The van der Waals surface area contributed by atoms with Gasteiger partial charge in [-0.25, -0.2) is 9.97 Å². The normalized spacial score (nSPS) is 15.0. The van der Waals surface area contributed by atoms with E-state index in [1.54, 1.807) is 6.07 Å². The number of rotatable bonds is 9. The number of benzene rings is 1. The Labute approximate surface area is 193 Å². The fraction of sp³-hybridized carbons (Fsp3) is 0.435. The van der Waals surface area contributed by atoms with Gasteiger partial charge in [0.05, 0.1) is 35.4 Å². The van der Waals surface area contributed by atoms with Crippen molar-refractivity contribution in [3.05, 3.63) is 46.2 Å². The Morgan fingerprint density at radius 3 is 2.81 bits per heavy atom. The molecule has 32 heavy (non-hydrogen) atoms. The van der Waals surface area contributed by atoms with Gasteiger partial charge in [0.1, 0.15) is 29.8 Å². The Morgan fingerprint density at radius 1 is 1.50 bits per heavy atom. The monoisotopic (exact) mass is 456 g/mol. The first-order valence-corrected chi connectivity index (χ1v) is 10.9. The molecule has 9 heteroatoms. The smallest absolute Gasteiger partial charge is 0.139 e. The fourth-order valence-electron chi connectivity index (χ4n) is 4.09. The van der Waals surface area contributed by atoms with Crippen molar-refractivity contribution in [1.82, 2.24) is 14.9 Å². The van der Waals surface area contributed by atoms with Crippen LogP contribution in [0, 0.1) is 11.3 Å². The van der Waals surface area contributed by atoms with Crippen LogP contribution in [-0.2, 0) is 0 Å². The maximum atomic E-state index is 9.82. The SMILES string of the molecule is C=C(C)c1c(N)ncnc1NC(C)c1cc(Cl)c(C#N)c(C2CN(CCO)C2)c1OCC. The van der Waals surface area contributed by atoms with E-state index in [1.807, 2.05) is 20.8 Å². The molecule has 170 valence electrons. The number of hydrogen-bond acceptors (Lipinski definition) is 8. The van der Waals surface area contributed by atoms with E-state index in [-0.39, 0.29) is 18.6 Å². The van der Waals surface area contributed by atoms with Crippen LogP contribution in [0.15, 0.2) is 19.0 Å². The summed E-state index contributed by atoms with van der Waals surface area (Å²) < 4.78 is 6.09. The van der Waals surface area contributed by atoms with Crippen molar-refractivity contribution in [3.8, 4) is 11.8 Å². The molecule has 0 radical (unpaired) electrons. The third kappa shape index (κ3) is 4.65. The van der Waals surface area contributed by atoms with Gasteiger partial charge in [0, 0.05) is 36.7 Å². The van der Waals surface area contributed by atoms with Gasteiger partial charge in [-0.3, -0.25) is 4.90 Å². The molecule has 0 amide bonds. The van der Waals surface area contributed by atoms with E-state index >= 15 is 0 Å². The van der Waals surface area contributed by atoms with E-state index in [4.69, 9.17) is 22.1 Å². The number of allylic oxidation sites excluding steroid dienone is 1. The van der Waals surface area contributed by atoms with Gasteiger partial charge in [-0.15, -0.1) is 0 Å². The third-order valence-corrected chi connectivity index (χ3v) is 5.90. The number of aliphatic hydroxyl groups is 1. The van der Waals surface area contributed by atoms with Gasteiger partial charge in [-0.05, 0) is 32.4 Å². The first-order valence-electron chi connectivity index (χ1n) is 10.6. The maximum Gasteiger partial charge on any atom is 0.139 e. The van der Waals surface area contributed by atoms with Crippen LogP contribution >= 0.6 is 11.6 Å². The average Bonchev–Trinajstić information content (AvgIpc) is 2.71. The summed E-state index contributed by atoms with van der Waals surface area (Å²) in [7, 11) is 0. The molecule has 0 spiro atoms. The van der Waals surface area contributed by atoms with Crippen molar-refractivity contribution in [2.24, 2.45) is 0 Å². The van der Waals surface area contributed by atoms with Crippen LogP contribution in [0.4, 0.5) is 11.6 Å². The first kappa shape index (κ1) is 23.8. The van der Waals surface area contributed by atoms with E-state index in [0.29, 0.717) is 46.7 Å². The van der Waals surface area contributed by atoms with Crippen LogP contribution in [0.3, 0.4) is 0 Å². The van der Waals surface area contributed by atoms with Crippen molar-refractivity contribution in [2.45, 2.75) is 32.7 Å². The molecule has 0 bridgehead atoms. The van der Waals surface area contributed by atoms with Crippen LogP contribution < -0.4 is 15.8 Å². The minimum absolute atomic E-state index is 0.100. The number of nitrogens with two attached hydrogens (primary N) is 1. The van der Waals surface area contributed by atoms with Crippen LogP contribution in [0.1, 0.15) is 55.0 Å². The Bertz CT molecular complexity index is 1050. The Morgan fingerprint density at radius 2 is 2.22 bits per heavy atom. The van der Waals surface area contributed by atoms with Gasteiger partial charge in [0.15, 0.2) is 0 Å². The molecule has 1 aromatic heterocycles. The average molecular weight is 457 g/mol. The molecule has 1 saturated heterocycles. The molecule has 1 aliphatic rings. The zero-order valence-corrected chi connectivity index (χ0v) is 19.4. The summed E-state index contributed by atoms with van der Waals surface area (Å²) in [5.74, 6) is 1.69. The minimum Gasteiger partial charge on any atom is -0.493 e. The van der Waals surface area contributed by atoms with Gasteiger partial charge in [-0.2, -0.15) is 5.26 Å². The number of ether oxygens (including phenoxy) is 1. The summed E-state index contributed by atoms with van der Waals surface area (Å²) in [5.41, 5.74) is 9.55. The van der Waals surface area contributed by atoms with Crippen molar-refractivity contribution < 1.29 is 9.84 Å². The molecular weight excluding hydrogens is 428 g/mol.